The maximum atomic E-state index is 13.3. The third-order valence-electron chi connectivity index (χ3n) is 6.99. The molecule has 1 aliphatic heterocycles. The summed E-state index contributed by atoms with van der Waals surface area (Å²) in [5.41, 5.74) is 4.26. The molecule has 0 aromatic heterocycles. The molecule has 3 aromatic rings. The van der Waals surface area contributed by atoms with E-state index in [1.165, 1.54) is 14.2 Å². The molecule has 1 atom stereocenters. The molecule has 3 aromatic carbocycles. The van der Waals surface area contributed by atoms with Gasteiger partial charge in [0, 0.05) is 12.2 Å². The minimum Gasteiger partial charge on any atom is -0.495 e. The van der Waals surface area contributed by atoms with E-state index in [-0.39, 0.29) is 24.4 Å². The third kappa shape index (κ3) is 6.91. The molecule has 0 radical (unpaired) electrons. The highest BCUT2D eigenvalue weighted by atomic mass is 16.5. The fourth-order valence-electron chi connectivity index (χ4n) is 4.79. The van der Waals surface area contributed by atoms with Gasteiger partial charge in [-0.25, -0.2) is 9.59 Å². The Labute approximate surface area is 234 Å². The smallest absolute Gasteiger partial charge is 0.337 e. The number of hydrogen-bond acceptors (Lipinski definition) is 6. The predicted molar refractivity (Wildman–Crippen MR) is 153 cm³/mol. The number of rotatable bonds is 9. The van der Waals surface area contributed by atoms with Crippen LogP contribution in [0, 0.1) is 13.8 Å². The first-order valence-corrected chi connectivity index (χ1v) is 13.2. The minimum absolute atomic E-state index is 0.00363. The fraction of sp³-hybridized carbons (Fsp3) is 0.323. The number of benzene rings is 3. The standard InChI is InChI=1S/C31H35N3O6/c1-20-8-5-6-10-25(20)32-31(37)33-26-13-11-22(17-28(26)38-3)18-29(35)34-15-7-9-24(34)19-40-27-14-12-23(16-21(27)2)30(36)39-4/h5-6,8,10-14,16-17,24H,7,9,15,18-19H2,1-4H3,(H2,32,33,37). The number of carbonyl (C=O) groups is 3. The molecule has 210 valence electrons. The molecule has 2 N–H and O–H groups in total. The van der Waals surface area contributed by atoms with E-state index in [1.807, 2.05) is 49.1 Å². The number of esters is 1. The Bertz CT molecular complexity index is 1390. The summed E-state index contributed by atoms with van der Waals surface area (Å²) in [6, 6.07) is 17.6. The van der Waals surface area contributed by atoms with Crippen LogP contribution in [0.4, 0.5) is 16.2 Å². The highest BCUT2D eigenvalue weighted by Gasteiger charge is 2.29. The van der Waals surface area contributed by atoms with Gasteiger partial charge in [0.15, 0.2) is 0 Å². The number of para-hydroxylation sites is 1. The molecule has 1 saturated heterocycles. The van der Waals surface area contributed by atoms with Crippen LogP contribution in [0.5, 0.6) is 11.5 Å². The second-order valence-corrected chi connectivity index (χ2v) is 9.77. The van der Waals surface area contributed by atoms with Crippen LogP contribution in [0.3, 0.4) is 0 Å². The van der Waals surface area contributed by atoms with E-state index in [9.17, 15) is 14.4 Å². The molecule has 1 fully saturated rings. The molecule has 0 aliphatic carbocycles. The second-order valence-electron chi connectivity index (χ2n) is 9.77. The van der Waals surface area contributed by atoms with Gasteiger partial charge in [-0.1, -0.05) is 24.3 Å². The zero-order valence-corrected chi connectivity index (χ0v) is 23.3. The summed E-state index contributed by atoms with van der Waals surface area (Å²) >= 11 is 0. The van der Waals surface area contributed by atoms with E-state index in [4.69, 9.17) is 14.2 Å². The van der Waals surface area contributed by atoms with Gasteiger partial charge < -0.3 is 29.7 Å². The molecule has 4 rings (SSSR count). The van der Waals surface area contributed by atoms with Crippen molar-refractivity contribution in [2.24, 2.45) is 0 Å². The number of ether oxygens (including phenoxy) is 3. The van der Waals surface area contributed by atoms with Crippen LogP contribution >= 0.6 is 0 Å². The molecule has 1 heterocycles. The van der Waals surface area contributed by atoms with Crippen LogP contribution in [0.15, 0.2) is 60.7 Å². The van der Waals surface area contributed by atoms with E-state index < -0.39 is 5.97 Å². The van der Waals surface area contributed by atoms with Gasteiger partial charge in [-0.2, -0.15) is 0 Å². The number of likely N-dealkylation sites (tertiary alicyclic amines) is 1. The lowest BCUT2D eigenvalue weighted by molar-refractivity contribution is -0.131. The van der Waals surface area contributed by atoms with Gasteiger partial charge in [0.2, 0.25) is 5.91 Å². The van der Waals surface area contributed by atoms with Crippen LogP contribution in [-0.4, -0.2) is 56.2 Å². The second kappa shape index (κ2) is 13.0. The van der Waals surface area contributed by atoms with Crippen molar-refractivity contribution in [1.29, 1.82) is 0 Å². The molecule has 40 heavy (non-hydrogen) atoms. The summed E-state index contributed by atoms with van der Waals surface area (Å²) < 4.78 is 16.3. The number of nitrogens with zero attached hydrogens (tertiary/aromatic N) is 1. The molecule has 1 aliphatic rings. The highest BCUT2D eigenvalue weighted by Crippen LogP contribution is 2.28. The topological polar surface area (TPSA) is 106 Å². The van der Waals surface area contributed by atoms with Crippen molar-refractivity contribution in [3.63, 3.8) is 0 Å². The molecule has 9 heteroatoms. The Morgan fingerprint density at radius 2 is 1.68 bits per heavy atom. The van der Waals surface area contributed by atoms with E-state index in [0.717, 1.165) is 35.2 Å². The number of aryl methyl sites for hydroxylation is 2. The summed E-state index contributed by atoms with van der Waals surface area (Å²) in [4.78, 5) is 39.4. The van der Waals surface area contributed by atoms with Gasteiger partial charge in [-0.15, -0.1) is 0 Å². The van der Waals surface area contributed by atoms with Gasteiger partial charge in [0.05, 0.1) is 37.9 Å². The van der Waals surface area contributed by atoms with Crippen LogP contribution < -0.4 is 20.1 Å². The van der Waals surface area contributed by atoms with Crippen LogP contribution in [0.2, 0.25) is 0 Å². The van der Waals surface area contributed by atoms with Crippen molar-refractivity contribution < 1.29 is 28.6 Å². The van der Waals surface area contributed by atoms with Gasteiger partial charge in [0.25, 0.3) is 0 Å². The lowest BCUT2D eigenvalue weighted by atomic mass is 10.1. The molecular weight excluding hydrogens is 510 g/mol. The van der Waals surface area contributed by atoms with Crippen molar-refractivity contribution >= 4 is 29.3 Å². The lowest BCUT2D eigenvalue weighted by Crippen LogP contribution is -2.40. The number of carbonyl (C=O) groups excluding carboxylic acids is 3. The van der Waals surface area contributed by atoms with Crippen LogP contribution in [0.25, 0.3) is 0 Å². The number of nitrogens with one attached hydrogen (secondary N) is 2. The molecule has 0 saturated carbocycles. The first kappa shape index (κ1) is 28.5. The Morgan fingerprint density at radius 1 is 0.900 bits per heavy atom. The lowest BCUT2D eigenvalue weighted by Gasteiger charge is -2.25. The van der Waals surface area contributed by atoms with Crippen LogP contribution in [-0.2, 0) is 16.0 Å². The average Bonchev–Trinajstić information content (AvgIpc) is 3.43. The number of amides is 3. The highest BCUT2D eigenvalue weighted by molar-refractivity contribution is 6.01. The SMILES string of the molecule is COC(=O)c1ccc(OCC2CCCN2C(=O)Cc2ccc(NC(=O)Nc3ccccc3C)c(OC)c2)c(C)c1. The zero-order valence-electron chi connectivity index (χ0n) is 23.3. The summed E-state index contributed by atoms with van der Waals surface area (Å²) in [6.07, 6.45) is 1.96. The summed E-state index contributed by atoms with van der Waals surface area (Å²) in [5.74, 6) is 0.751. The maximum absolute atomic E-state index is 13.3. The number of methoxy groups -OCH3 is 2. The molecule has 3 amide bonds. The van der Waals surface area contributed by atoms with E-state index in [0.29, 0.717) is 35.9 Å². The van der Waals surface area contributed by atoms with E-state index in [1.54, 1.807) is 30.3 Å². The van der Waals surface area contributed by atoms with Gasteiger partial charge in [-0.3, -0.25) is 4.79 Å². The quantitative estimate of drug-likeness (QED) is 0.351. The monoisotopic (exact) mass is 545 g/mol. The van der Waals surface area contributed by atoms with Crippen molar-refractivity contribution in [3.05, 3.63) is 82.9 Å². The van der Waals surface area contributed by atoms with Gasteiger partial charge in [-0.05, 0) is 79.8 Å². The summed E-state index contributed by atoms with van der Waals surface area (Å²) in [5, 5.41) is 5.65. The molecule has 0 bridgehead atoms. The zero-order chi connectivity index (χ0) is 28.6. The largest absolute Gasteiger partial charge is 0.495 e. The fourth-order valence-corrected chi connectivity index (χ4v) is 4.79. The summed E-state index contributed by atoms with van der Waals surface area (Å²) in [6.45, 7) is 4.83. The molecule has 1 unspecified atom stereocenters. The Kier molecular flexibility index (Phi) is 9.27. The van der Waals surface area contributed by atoms with Crippen LogP contribution in [0.1, 0.15) is 39.9 Å². The van der Waals surface area contributed by atoms with Crippen molar-refractivity contribution in [1.82, 2.24) is 4.90 Å². The summed E-state index contributed by atoms with van der Waals surface area (Å²) in [7, 11) is 2.88. The van der Waals surface area contributed by atoms with Crippen molar-refractivity contribution in [2.75, 3.05) is 38.0 Å². The Morgan fingerprint density at radius 3 is 2.40 bits per heavy atom. The van der Waals surface area contributed by atoms with Gasteiger partial charge >= 0.3 is 12.0 Å². The first-order valence-electron chi connectivity index (χ1n) is 13.2. The van der Waals surface area contributed by atoms with Crippen molar-refractivity contribution in [3.8, 4) is 11.5 Å². The normalized spacial score (nSPS) is 14.4. The Hall–Kier alpha value is -4.53. The number of anilines is 2. The average molecular weight is 546 g/mol. The third-order valence-corrected chi connectivity index (χ3v) is 6.99. The predicted octanol–water partition coefficient (Wildman–Crippen LogP) is 5.36. The number of urea groups is 1. The minimum atomic E-state index is -0.395. The van der Waals surface area contributed by atoms with Gasteiger partial charge in [0.1, 0.15) is 18.1 Å². The van der Waals surface area contributed by atoms with Crippen molar-refractivity contribution in [2.45, 2.75) is 39.2 Å². The maximum Gasteiger partial charge on any atom is 0.337 e. The number of hydrogen-bond donors (Lipinski definition) is 2. The Balaban J connectivity index is 1.35. The molecule has 0 spiro atoms. The van der Waals surface area contributed by atoms with E-state index >= 15 is 0 Å². The molecular formula is C31H35N3O6. The van der Waals surface area contributed by atoms with E-state index in [2.05, 4.69) is 10.6 Å². The first-order chi connectivity index (χ1) is 19.3. The molecule has 9 nitrogen and oxygen atoms in total.